The van der Waals surface area contributed by atoms with E-state index in [4.69, 9.17) is 0 Å². The summed E-state index contributed by atoms with van der Waals surface area (Å²) in [5, 5.41) is 2.05. The second-order valence-electron chi connectivity index (χ2n) is 7.90. The molecule has 8 heteroatoms. The molecule has 1 heterocycles. The molecule has 2 amide bonds. The van der Waals surface area contributed by atoms with Gasteiger partial charge in [-0.05, 0) is 61.5 Å². The third-order valence-corrected chi connectivity index (χ3v) is 6.63. The molecule has 152 valence electrons. The predicted octanol–water partition coefficient (Wildman–Crippen LogP) is 3.62. The van der Waals surface area contributed by atoms with Crippen LogP contribution < -0.4 is 10.0 Å². The van der Waals surface area contributed by atoms with Crippen molar-refractivity contribution in [3.8, 4) is 0 Å². The Labute approximate surface area is 161 Å². The Hall–Kier alpha value is -1.67. The van der Waals surface area contributed by atoms with Crippen LogP contribution in [0.15, 0.2) is 12.1 Å². The number of sulfonamides is 1. The maximum absolute atomic E-state index is 14.0. The third kappa shape index (κ3) is 5.42. The Morgan fingerprint density at radius 3 is 2.22 bits per heavy atom. The van der Waals surface area contributed by atoms with Crippen LogP contribution in [0.4, 0.5) is 14.9 Å². The Balaban J connectivity index is 2.24. The number of hydrogen-bond donors (Lipinski definition) is 2. The summed E-state index contributed by atoms with van der Waals surface area (Å²) < 4.78 is 41.3. The topological polar surface area (TPSA) is 78.5 Å². The lowest BCUT2D eigenvalue weighted by Gasteiger charge is -2.29. The monoisotopic (exact) mass is 399 g/mol. The number of amides is 2. The number of nitrogens with zero attached hydrogens (tertiary/aromatic N) is 1. The van der Waals surface area contributed by atoms with Crippen LogP contribution in [0.1, 0.15) is 63.5 Å². The van der Waals surface area contributed by atoms with Crippen molar-refractivity contribution < 1.29 is 17.6 Å². The number of anilines is 1. The summed E-state index contributed by atoms with van der Waals surface area (Å²) in [5.74, 6) is -0.430. The van der Waals surface area contributed by atoms with E-state index in [0.717, 1.165) is 13.0 Å². The van der Waals surface area contributed by atoms with Crippen molar-refractivity contribution in [1.29, 1.82) is 0 Å². The van der Waals surface area contributed by atoms with Crippen molar-refractivity contribution in [3.63, 3.8) is 0 Å². The lowest BCUT2D eigenvalue weighted by atomic mass is 9.92. The fraction of sp³-hybridized carbons (Fsp3) is 0.632. The molecule has 1 atom stereocenters. The molecule has 1 aliphatic heterocycles. The minimum absolute atomic E-state index is 0.0305. The van der Waals surface area contributed by atoms with Crippen molar-refractivity contribution in [2.45, 2.75) is 57.6 Å². The van der Waals surface area contributed by atoms with Gasteiger partial charge in [0.25, 0.3) is 0 Å². The summed E-state index contributed by atoms with van der Waals surface area (Å²) >= 11 is 0. The van der Waals surface area contributed by atoms with E-state index in [9.17, 15) is 17.6 Å². The Bertz CT molecular complexity index is 764. The largest absolute Gasteiger partial charge is 0.332 e. The predicted molar refractivity (Wildman–Crippen MR) is 106 cm³/mol. The van der Waals surface area contributed by atoms with Gasteiger partial charge >= 0.3 is 6.03 Å². The minimum Gasteiger partial charge on any atom is -0.307 e. The molecule has 0 aliphatic carbocycles. The van der Waals surface area contributed by atoms with Gasteiger partial charge in [0, 0.05) is 12.2 Å². The number of piperidine rings is 1. The molecule has 1 aromatic rings. The zero-order valence-electron chi connectivity index (χ0n) is 16.7. The van der Waals surface area contributed by atoms with Crippen molar-refractivity contribution in [2.24, 2.45) is 0 Å². The van der Waals surface area contributed by atoms with E-state index in [1.54, 1.807) is 0 Å². The number of carbonyl (C=O) groups excluding carboxylic acids is 1. The highest BCUT2D eigenvalue weighted by Crippen LogP contribution is 2.33. The van der Waals surface area contributed by atoms with E-state index in [1.807, 2.05) is 39.6 Å². The van der Waals surface area contributed by atoms with Gasteiger partial charge in [-0.1, -0.05) is 27.7 Å². The number of hydrogen-bond acceptors (Lipinski definition) is 4. The molecule has 0 saturated carbocycles. The number of carbonyl (C=O) groups is 1. The SMILES string of the molecule is CC(C)c1cc(F)cc(C(C)C)c1NC(=O)NS(=O)(=O)C1CCCN(C)C1. The zero-order valence-corrected chi connectivity index (χ0v) is 17.5. The van der Waals surface area contributed by atoms with Gasteiger partial charge in [-0.2, -0.15) is 0 Å². The summed E-state index contributed by atoms with van der Waals surface area (Å²) in [6.45, 7) is 8.84. The second-order valence-corrected chi connectivity index (χ2v) is 9.86. The van der Waals surface area contributed by atoms with Crippen LogP contribution in [0.3, 0.4) is 0 Å². The van der Waals surface area contributed by atoms with E-state index in [1.165, 1.54) is 12.1 Å². The summed E-state index contributed by atoms with van der Waals surface area (Å²) in [6.07, 6.45) is 1.30. The molecule has 0 aromatic heterocycles. The lowest BCUT2D eigenvalue weighted by molar-refractivity contribution is 0.255. The zero-order chi connectivity index (χ0) is 20.4. The molecular weight excluding hydrogens is 369 g/mol. The third-order valence-electron chi connectivity index (χ3n) is 4.90. The first kappa shape index (κ1) is 21.6. The number of halogens is 1. The molecule has 0 spiro atoms. The van der Waals surface area contributed by atoms with Gasteiger partial charge in [0.1, 0.15) is 5.82 Å². The number of urea groups is 1. The average Bonchev–Trinajstić information content (AvgIpc) is 2.55. The van der Waals surface area contributed by atoms with Crippen LogP contribution in [-0.2, 0) is 10.0 Å². The second kappa shape index (κ2) is 8.56. The molecule has 1 saturated heterocycles. The fourth-order valence-corrected chi connectivity index (χ4v) is 4.83. The number of benzene rings is 1. The highest BCUT2D eigenvalue weighted by molar-refractivity contribution is 7.90. The van der Waals surface area contributed by atoms with E-state index < -0.39 is 21.3 Å². The van der Waals surface area contributed by atoms with Crippen LogP contribution >= 0.6 is 0 Å². The van der Waals surface area contributed by atoms with Gasteiger partial charge in [-0.15, -0.1) is 0 Å². The lowest BCUT2D eigenvalue weighted by Crippen LogP contribution is -2.47. The number of nitrogens with one attached hydrogen (secondary N) is 2. The van der Waals surface area contributed by atoms with Crippen LogP contribution in [0.2, 0.25) is 0 Å². The maximum atomic E-state index is 14.0. The molecule has 0 bridgehead atoms. The van der Waals surface area contributed by atoms with E-state index in [-0.39, 0.29) is 17.7 Å². The molecule has 0 radical (unpaired) electrons. The Morgan fingerprint density at radius 1 is 1.19 bits per heavy atom. The molecule has 1 aliphatic rings. The molecule has 6 nitrogen and oxygen atoms in total. The molecule has 1 aromatic carbocycles. The first-order valence-corrected chi connectivity index (χ1v) is 10.9. The van der Waals surface area contributed by atoms with Gasteiger partial charge in [0.2, 0.25) is 10.0 Å². The molecule has 1 fully saturated rings. The number of rotatable bonds is 5. The molecular formula is C19H30FN3O3S. The minimum atomic E-state index is -3.79. The fourth-order valence-electron chi connectivity index (χ4n) is 3.43. The highest BCUT2D eigenvalue weighted by atomic mass is 32.2. The van der Waals surface area contributed by atoms with E-state index >= 15 is 0 Å². The summed E-state index contributed by atoms with van der Waals surface area (Å²) in [7, 11) is -1.92. The normalized spacial score (nSPS) is 18.7. The first-order chi connectivity index (χ1) is 12.5. The van der Waals surface area contributed by atoms with Crippen molar-refractivity contribution in [3.05, 3.63) is 29.1 Å². The van der Waals surface area contributed by atoms with Gasteiger partial charge in [0.15, 0.2) is 0 Å². The van der Waals surface area contributed by atoms with Crippen molar-refractivity contribution >= 4 is 21.7 Å². The van der Waals surface area contributed by atoms with Gasteiger partial charge in [0.05, 0.1) is 5.25 Å². The maximum Gasteiger partial charge on any atom is 0.332 e. The van der Waals surface area contributed by atoms with Gasteiger partial charge in [-0.25, -0.2) is 22.3 Å². The van der Waals surface area contributed by atoms with Crippen LogP contribution in [-0.4, -0.2) is 44.7 Å². The van der Waals surface area contributed by atoms with E-state index in [0.29, 0.717) is 29.8 Å². The molecule has 1 unspecified atom stereocenters. The van der Waals surface area contributed by atoms with Gasteiger partial charge < -0.3 is 10.2 Å². The van der Waals surface area contributed by atoms with Crippen LogP contribution in [0.25, 0.3) is 0 Å². The van der Waals surface area contributed by atoms with Crippen LogP contribution in [0.5, 0.6) is 0 Å². The summed E-state index contributed by atoms with van der Waals surface area (Å²) in [6, 6.07) is 1.96. The van der Waals surface area contributed by atoms with Crippen LogP contribution in [0, 0.1) is 5.82 Å². The summed E-state index contributed by atoms with van der Waals surface area (Å²) in [5.41, 5.74) is 1.77. The Kier molecular flexibility index (Phi) is 6.86. The van der Waals surface area contributed by atoms with Crippen molar-refractivity contribution in [1.82, 2.24) is 9.62 Å². The first-order valence-electron chi connectivity index (χ1n) is 9.35. The van der Waals surface area contributed by atoms with Crippen molar-refractivity contribution in [2.75, 3.05) is 25.5 Å². The number of likely N-dealkylation sites (tertiary alicyclic amines) is 1. The smallest absolute Gasteiger partial charge is 0.307 e. The van der Waals surface area contributed by atoms with E-state index in [2.05, 4.69) is 10.0 Å². The highest BCUT2D eigenvalue weighted by Gasteiger charge is 2.31. The standard InChI is InChI=1S/C19H30FN3O3S/c1-12(2)16-9-14(20)10-17(13(3)4)18(16)21-19(24)22-27(25,26)15-7-6-8-23(5)11-15/h9-10,12-13,15H,6-8,11H2,1-5H3,(H2,21,22,24). The summed E-state index contributed by atoms with van der Waals surface area (Å²) in [4.78, 5) is 14.4. The molecule has 27 heavy (non-hydrogen) atoms. The Morgan fingerprint density at radius 2 is 1.74 bits per heavy atom. The molecule has 2 rings (SSSR count). The average molecular weight is 400 g/mol. The van der Waals surface area contributed by atoms with Gasteiger partial charge in [-0.3, -0.25) is 0 Å². The quantitative estimate of drug-likeness (QED) is 0.793. The molecule has 2 N–H and O–H groups in total.